The average molecular weight is 285 g/mol. The van der Waals surface area contributed by atoms with E-state index in [1.165, 1.54) is 31.5 Å². The van der Waals surface area contributed by atoms with E-state index in [9.17, 15) is 9.18 Å². The van der Waals surface area contributed by atoms with Crippen molar-refractivity contribution in [2.75, 3.05) is 0 Å². The zero-order valence-electron chi connectivity index (χ0n) is 11.3. The van der Waals surface area contributed by atoms with E-state index in [2.05, 4.69) is 10.1 Å². The fraction of sp³-hybridized carbons (Fsp3) is 0.133. The molecule has 0 saturated carbocycles. The Kier molecular flexibility index (Phi) is 3.35. The van der Waals surface area contributed by atoms with E-state index in [1.54, 1.807) is 4.52 Å². The topological polar surface area (TPSA) is 56.5 Å². The minimum Gasteiger partial charge on any atom is -0.486 e. The van der Waals surface area contributed by atoms with Gasteiger partial charge in [-0.3, -0.25) is 4.79 Å². The standard InChI is InChI=1S/C15H12FN3O2/c1-10(20)13-6-5-11(16)7-14(13)21-8-12-3-2-4-15-17-9-18-19(12)15/h2-7,9H,8H2,1H3. The zero-order chi connectivity index (χ0) is 14.8. The quantitative estimate of drug-likeness (QED) is 0.691. The number of carbonyl (C=O) groups excluding carboxylic acids is 1. The Morgan fingerprint density at radius 2 is 2.19 bits per heavy atom. The molecule has 2 heterocycles. The van der Waals surface area contributed by atoms with Crippen molar-refractivity contribution in [3.63, 3.8) is 0 Å². The van der Waals surface area contributed by atoms with Crippen molar-refractivity contribution in [2.45, 2.75) is 13.5 Å². The Labute approximate surface area is 120 Å². The first-order chi connectivity index (χ1) is 10.1. The van der Waals surface area contributed by atoms with Crippen LogP contribution in [0, 0.1) is 5.82 Å². The smallest absolute Gasteiger partial charge is 0.163 e. The number of hydrogen-bond donors (Lipinski definition) is 0. The van der Waals surface area contributed by atoms with Crippen molar-refractivity contribution in [1.29, 1.82) is 0 Å². The van der Waals surface area contributed by atoms with Gasteiger partial charge in [-0.2, -0.15) is 5.10 Å². The maximum Gasteiger partial charge on any atom is 0.163 e. The SMILES string of the molecule is CC(=O)c1ccc(F)cc1OCc1cccc2ncnn12. The van der Waals surface area contributed by atoms with Crippen LogP contribution in [-0.4, -0.2) is 20.4 Å². The Balaban J connectivity index is 1.90. The molecule has 0 radical (unpaired) electrons. The molecule has 5 nitrogen and oxygen atoms in total. The van der Waals surface area contributed by atoms with E-state index in [4.69, 9.17) is 4.74 Å². The number of ketones is 1. The molecule has 6 heteroatoms. The lowest BCUT2D eigenvalue weighted by molar-refractivity contribution is 0.101. The minimum atomic E-state index is -0.450. The van der Waals surface area contributed by atoms with Gasteiger partial charge in [-0.15, -0.1) is 0 Å². The van der Waals surface area contributed by atoms with Crippen LogP contribution in [0.3, 0.4) is 0 Å². The number of pyridine rings is 1. The molecule has 3 rings (SSSR count). The fourth-order valence-corrected chi connectivity index (χ4v) is 2.07. The zero-order valence-corrected chi connectivity index (χ0v) is 11.3. The molecule has 0 spiro atoms. The number of fused-ring (bicyclic) bond motifs is 1. The first-order valence-corrected chi connectivity index (χ1v) is 6.36. The van der Waals surface area contributed by atoms with Crippen molar-refractivity contribution < 1.29 is 13.9 Å². The van der Waals surface area contributed by atoms with E-state index < -0.39 is 5.82 Å². The number of ether oxygens (including phenoxy) is 1. The van der Waals surface area contributed by atoms with Crippen LogP contribution < -0.4 is 4.74 Å². The van der Waals surface area contributed by atoms with E-state index in [-0.39, 0.29) is 18.1 Å². The van der Waals surface area contributed by atoms with E-state index in [0.29, 0.717) is 11.2 Å². The molecule has 0 aliphatic heterocycles. The van der Waals surface area contributed by atoms with Crippen LogP contribution in [0.1, 0.15) is 23.0 Å². The predicted molar refractivity (Wildman–Crippen MR) is 73.7 cm³/mol. The van der Waals surface area contributed by atoms with Gasteiger partial charge in [0.25, 0.3) is 0 Å². The van der Waals surface area contributed by atoms with E-state index in [0.717, 1.165) is 5.69 Å². The number of benzene rings is 1. The largest absolute Gasteiger partial charge is 0.486 e. The van der Waals surface area contributed by atoms with Gasteiger partial charge >= 0.3 is 0 Å². The van der Waals surface area contributed by atoms with Gasteiger partial charge in [-0.1, -0.05) is 6.07 Å². The van der Waals surface area contributed by atoms with Crippen molar-refractivity contribution in [3.8, 4) is 5.75 Å². The Morgan fingerprint density at radius 1 is 1.33 bits per heavy atom. The summed E-state index contributed by atoms with van der Waals surface area (Å²) in [6, 6.07) is 9.34. The summed E-state index contributed by atoms with van der Waals surface area (Å²) in [6.45, 7) is 1.57. The molecule has 0 fully saturated rings. The van der Waals surface area contributed by atoms with Crippen molar-refractivity contribution in [3.05, 3.63) is 59.8 Å². The highest BCUT2D eigenvalue weighted by atomic mass is 19.1. The molecule has 0 saturated heterocycles. The molecule has 0 N–H and O–H groups in total. The van der Waals surface area contributed by atoms with Crippen molar-refractivity contribution in [2.24, 2.45) is 0 Å². The molecule has 0 aliphatic rings. The van der Waals surface area contributed by atoms with Crippen LogP contribution in [0.25, 0.3) is 5.65 Å². The molecule has 2 aromatic heterocycles. The van der Waals surface area contributed by atoms with Gasteiger partial charge in [0.05, 0.1) is 11.3 Å². The van der Waals surface area contributed by atoms with Crippen LogP contribution in [0.4, 0.5) is 4.39 Å². The number of Topliss-reactive ketones (excluding diaryl/α,β-unsaturated/α-hetero) is 1. The molecule has 1 aromatic carbocycles. The van der Waals surface area contributed by atoms with Gasteiger partial charge in [0.15, 0.2) is 11.4 Å². The molecule has 0 aliphatic carbocycles. The van der Waals surface area contributed by atoms with Gasteiger partial charge in [-0.05, 0) is 31.2 Å². The summed E-state index contributed by atoms with van der Waals surface area (Å²) in [7, 11) is 0. The van der Waals surface area contributed by atoms with E-state index >= 15 is 0 Å². The van der Waals surface area contributed by atoms with Gasteiger partial charge in [0.1, 0.15) is 24.5 Å². The van der Waals surface area contributed by atoms with Gasteiger partial charge in [0.2, 0.25) is 0 Å². The summed E-state index contributed by atoms with van der Waals surface area (Å²) in [4.78, 5) is 15.6. The molecule has 3 aromatic rings. The van der Waals surface area contributed by atoms with Crippen molar-refractivity contribution in [1.82, 2.24) is 14.6 Å². The van der Waals surface area contributed by atoms with Gasteiger partial charge in [-0.25, -0.2) is 13.9 Å². The number of nitrogens with zero attached hydrogens (tertiary/aromatic N) is 3. The average Bonchev–Trinajstić information content (AvgIpc) is 2.93. The number of aromatic nitrogens is 3. The lowest BCUT2D eigenvalue weighted by atomic mass is 10.1. The first-order valence-electron chi connectivity index (χ1n) is 6.36. The highest BCUT2D eigenvalue weighted by Gasteiger charge is 2.11. The molecule has 106 valence electrons. The van der Waals surface area contributed by atoms with Gasteiger partial charge < -0.3 is 4.74 Å². The third-order valence-corrected chi connectivity index (χ3v) is 3.08. The molecule has 0 amide bonds. The molecular weight excluding hydrogens is 273 g/mol. The maximum atomic E-state index is 13.3. The third kappa shape index (κ3) is 2.60. The summed E-state index contributed by atoms with van der Waals surface area (Å²) >= 11 is 0. The number of hydrogen-bond acceptors (Lipinski definition) is 4. The second-order valence-electron chi connectivity index (χ2n) is 4.53. The second kappa shape index (κ2) is 5.32. The Morgan fingerprint density at radius 3 is 3.00 bits per heavy atom. The monoisotopic (exact) mass is 285 g/mol. The fourth-order valence-electron chi connectivity index (χ4n) is 2.07. The Hall–Kier alpha value is -2.76. The molecular formula is C15H12FN3O2. The highest BCUT2D eigenvalue weighted by Crippen LogP contribution is 2.21. The van der Waals surface area contributed by atoms with Gasteiger partial charge in [0, 0.05) is 6.07 Å². The summed E-state index contributed by atoms with van der Waals surface area (Å²) in [5, 5.41) is 4.09. The van der Waals surface area contributed by atoms with Crippen LogP contribution in [-0.2, 0) is 6.61 Å². The normalized spacial score (nSPS) is 10.8. The predicted octanol–water partition coefficient (Wildman–Crippen LogP) is 2.65. The summed E-state index contributed by atoms with van der Waals surface area (Å²) < 4.78 is 20.5. The maximum absolute atomic E-state index is 13.3. The Bertz CT molecular complexity index is 814. The first kappa shape index (κ1) is 13.2. The van der Waals surface area contributed by atoms with Crippen LogP contribution in [0.5, 0.6) is 5.75 Å². The number of carbonyl (C=O) groups is 1. The van der Waals surface area contributed by atoms with Crippen LogP contribution in [0.15, 0.2) is 42.7 Å². The highest BCUT2D eigenvalue weighted by molar-refractivity contribution is 5.96. The van der Waals surface area contributed by atoms with E-state index in [1.807, 2.05) is 18.2 Å². The lowest BCUT2D eigenvalue weighted by Crippen LogP contribution is -2.06. The molecule has 0 atom stereocenters. The van der Waals surface area contributed by atoms with Crippen LogP contribution in [0.2, 0.25) is 0 Å². The summed E-state index contributed by atoms with van der Waals surface area (Å²) in [5.41, 5.74) is 1.80. The number of rotatable bonds is 4. The third-order valence-electron chi connectivity index (χ3n) is 3.08. The van der Waals surface area contributed by atoms with Crippen LogP contribution >= 0.6 is 0 Å². The summed E-state index contributed by atoms with van der Waals surface area (Å²) in [5.74, 6) is -0.405. The second-order valence-corrected chi connectivity index (χ2v) is 4.53. The molecule has 0 bridgehead atoms. The minimum absolute atomic E-state index is 0.157. The molecule has 0 unspecified atom stereocenters. The molecule has 21 heavy (non-hydrogen) atoms. The van der Waals surface area contributed by atoms with Crippen molar-refractivity contribution >= 4 is 11.4 Å². The number of halogens is 1. The summed E-state index contributed by atoms with van der Waals surface area (Å²) in [6.07, 6.45) is 1.45. The lowest BCUT2D eigenvalue weighted by Gasteiger charge is -2.10.